The van der Waals surface area contributed by atoms with Gasteiger partial charge in [-0.1, -0.05) is 6.07 Å². The zero-order chi connectivity index (χ0) is 17.4. The van der Waals surface area contributed by atoms with Crippen LogP contribution in [0.25, 0.3) is 0 Å². The first-order valence-corrected chi connectivity index (χ1v) is 8.77. The molecule has 25 heavy (non-hydrogen) atoms. The molecule has 7 heteroatoms. The lowest BCUT2D eigenvalue weighted by molar-refractivity contribution is 0.181. The Morgan fingerprint density at radius 2 is 2.28 bits per heavy atom. The minimum atomic E-state index is 0. The van der Waals surface area contributed by atoms with Gasteiger partial charge in [-0.2, -0.15) is 0 Å². The third-order valence-electron chi connectivity index (χ3n) is 3.82. The van der Waals surface area contributed by atoms with Crippen LogP contribution in [0.2, 0.25) is 0 Å². The first-order chi connectivity index (χ1) is 11.6. The molecule has 0 aliphatic carbocycles. The fourth-order valence-electron chi connectivity index (χ4n) is 2.65. The number of aromatic nitrogens is 1. The maximum Gasteiger partial charge on any atom is 0.213 e. The number of guanidine groups is 1. The van der Waals surface area contributed by atoms with Crippen LogP contribution in [-0.2, 0) is 11.3 Å². The lowest BCUT2D eigenvalue weighted by Crippen LogP contribution is -2.41. The molecule has 1 aromatic rings. The molecule has 1 fully saturated rings. The number of rotatable bonds is 7. The topological polar surface area (TPSA) is 59.0 Å². The third kappa shape index (κ3) is 7.77. The fraction of sp³-hybridized carbons (Fsp3) is 0.667. The molecule has 2 heterocycles. The van der Waals surface area contributed by atoms with Crippen LogP contribution in [-0.4, -0.2) is 55.3 Å². The predicted octanol–water partition coefficient (Wildman–Crippen LogP) is 2.92. The molecule has 142 valence electrons. The Morgan fingerprint density at radius 3 is 2.84 bits per heavy atom. The third-order valence-corrected chi connectivity index (χ3v) is 3.82. The molecule has 1 aliphatic heterocycles. The number of pyridine rings is 1. The van der Waals surface area contributed by atoms with E-state index in [-0.39, 0.29) is 30.1 Å². The highest BCUT2D eigenvalue weighted by molar-refractivity contribution is 14.0. The average molecular weight is 462 g/mol. The number of aliphatic imine (C=N–C) groups is 1. The van der Waals surface area contributed by atoms with Crippen LogP contribution < -0.4 is 10.1 Å². The van der Waals surface area contributed by atoms with Crippen molar-refractivity contribution < 1.29 is 9.47 Å². The van der Waals surface area contributed by atoms with E-state index < -0.39 is 0 Å². The summed E-state index contributed by atoms with van der Waals surface area (Å²) in [7, 11) is 2.08. The second-order valence-electron chi connectivity index (χ2n) is 6.45. The first-order valence-electron chi connectivity index (χ1n) is 8.77. The standard InChI is InChI=1S/C18H30N4O2.HI/c1-5-19-18(22(4)12-16-8-9-23-13-16)21-11-15-6-7-17(20-10-15)24-14(2)3;/h6-7,10,14,16H,5,8-9,11-13H2,1-4H3,(H,19,21);1H. The van der Waals surface area contributed by atoms with Gasteiger partial charge in [0.25, 0.3) is 0 Å². The summed E-state index contributed by atoms with van der Waals surface area (Å²) in [6.45, 7) is 10.2. The molecular weight excluding hydrogens is 431 g/mol. The van der Waals surface area contributed by atoms with Gasteiger partial charge in [0.2, 0.25) is 5.88 Å². The van der Waals surface area contributed by atoms with Gasteiger partial charge < -0.3 is 19.7 Å². The van der Waals surface area contributed by atoms with Gasteiger partial charge in [-0.3, -0.25) is 0 Å². The summed E-state index contributed by atoms with van der Waals surface area (Å²) >= 11 is 0. The van der Waals surface area contributed by atoms with Gasteiger partial charge in [0.1, 0.15) is 0 Å². The minimum Gasteiger partial charge on any atom is -0.475 e. The Kier molecular flexibility index (Phi) is 10.1. The number of halogens is 1. The largest absolute Gasteiger partial charge is 0.475 e. The van der Waals surface area contributed by atoms with Crippen LogP contribution in [0.1, 0.15) is 32.8 Å². The Hall–Kier alpha value is -1.09. The van der Waals surface area contributed by atoms with Crippen molar-refractivity contribution in [3.63, 3.8) is 0 Å². The second kappa shape index (κ2) is 11.5. The van der Waals surface area contributed by atoms with E-state index in [1.165, 1.54) is 0 Å². The van der Waals surface area contributed by atoms with Gasteiger partial charge in [-0.25, -0.2) is 9.98 Å². The summed E-state index contributed by atoms with van der Waals surface area (Å²) in [4.78, 5) is 11.2. The normalized spacial score (nSPS) is 17.3. The van der Waals surface area contributed by atoms with Gasteiger partial charge in [0.15, 0.2) is 5.96 Å². The van der Waals surface area contributed by atoms with Gasteiger partial charge in [0.05, 0.1) is 19.3 Å². The maximum atomic E-state index is 5.57. The van der Waals surface area contributed by atoms with E-state index >= 15 is 0 Å². The molecule has 6 nitrogen and oxygen atoms in total. The van der Waals surface area contributed by atoms with Crippen molar-refractivity contribution in [1.82, 2.24) is 15.2 Å². The molecular formula is C18H31IN4O2. The molecule has 0 radical (unpaired) electrons. The van der Waals surface area contributed by atoms with E-state index in [0.29, 0.717) is 18.3 Å². The first kappa shape index (κ1) is 22.0. The molecule has 0 spiro atoms. The van der Waals surface area contributed by atoms with Crippen molar-refractivity contribution in [3.8, 4) is 5.88 Å². The summed E-state index contributed by atoms with van der Waals surface area (Å²) < 4.78 is 11.0. The van der Waals surface area contributed by atoms with Crippen LogP contribution in [0.3, 0.4) is 0 Å². The van der Waals surface area contributed by atoms with Crippen molar-refractivity contribution in [3.05, 3.63) is 23.9 Å². The zero-order valence-corrected chi connectivity index (χ0v) is 18.0. The van der Waals surface area contributed by atoms with Crippen LogP contribution in [0.4, 0.5) is 0 Å². The van der Waals surface area contributed by atoms with Crippen molar-refractivity contribution >= 4 is 29.9 Å². The SMILES string of the molecule is CCNC(=NCc1ccc(OC(C)C)nc1)N(C)CC1CCOC1.I. The number of hydrogen-bond donors (Lipinski definition) is 1. The van der Waals surface area contributed by atoms with E-state index in [2.05, 4.69) is 29.2 Å². The molecule has 0 bridgehead atoms. The van der Waals surface area contributed by atoms with Crippen molar-refractivity contribution in [2.75, 3.05) is 33.4 Å². The van der Waals surface area contributed by atoms with E-state index in [1.807, 2.05) is 32.2 Å². The molecule has 1 aromatic heterocycles. The van der Waals surface area contributed by atoms with Gasteiger partial charge in [0, 0.05) is 44.9 Å². The average Bonchev–Trinajstić information content (AvgIpc) is 3.05. The zero-order valence-electron chi connectivity index (χ0n) is 15.7. The molecule has 1 unspecified atom stereocenters. The Morgan fingerprint density at radius 1 is 1.48 bits per heavy atom. The summed E-state index contributed by atoms with van der Waals surface area (Å²) in [5.74, 6) is 2.17. The Balaban J connectivity index is 0.00000312. The monoisotopic (exact) mass is 462 g/mol. The van der Waals surface area contributed by atoms with E-state index in [4.69, 9.17) is 14.5 Å². The predicted molar refractivity (Wildman–Crippen MR) is 112 cm³/mol. The fourth-order valence-corrected chi connectivity index (χ4v) is 2.65. The van der Waals surface area contributed by atoms with Crippen molar-refractivity contribution in [2.24, 2.45) is 10.9 Å². The smallest absolute Gasteiger partial charge is 0.213 e. The van der Waals surface area contributed by atoms with Gasteiger partial charge in [-0.05, 0) is 32.8 Å². The summed E-state index contributed by atoms with van der Waals surface area (Å²) in [6.07, 6.45) is 3.09. The van der Waals surface area contributed by atoms with Crippen LogP contribution in [0.15, 0.2) is 23.3 Å². The van der Waals surface area contributed by atoms with Gasteiger partial charge in [-0.15, -0.1) is 24.0 Å². The maximum absolute atomic E-state index is 5.57. The summed E-state index contributed by atoms with van der Waals surface area (Å²) in [5, 5.41) is 3.35. The van der Waals surface area contributed by atoms with Gasteiger partial charge >= 0.3 is 0 Å². The number of hydrogen-bond acceptors (Lipinski definition) is 4. The van der Waals surface area contributed by atoms with Crippen molar-refractivity contribution in [2.45, 2.75) is 39.8 Å². The molecule has 0 amide bonds. The molecule has 1 saturated heterocycles. The summed E-state index contributed by atoms with van der Waals surface area (Å²) in [5.41, 5.74) is 1.07. The highest BCUT2D eigenvalue weighted by atomic mass is 127. The van der Waals surface area contributed by atoms with E-state index in [9.17, 15) is 0 Å². The van der Waals surface area contributed by atoms with E-state index in [1.54, 1.807) is 0 Å². The molecule has 1 atom stereocenters. The molecule has 2 rings (SSSR count). The second-order valence-corrected chi connectivity index (χ2v) is 6.45. The highest BCUT2D eigenvalue weighted by Gasteiger charge is 2.19. The molecule has 0 aromatic carbocycles. The lowest BCUT2D eigenvalue weighted by Gasteiger charge is -2.24. The summed E-state index contributed by atoms with van der Waals surface area (Å²) in [6, 6.07) is 3.92. The lowest BCUT2D eigenvalue weighted by atomic mass is 10.1. The van der Waals surface area contributed by atoms with Crippen molar-refractivity contribution in [1.29, 1.82) is 0 Å². The van der Waals surface area contributed by atoms with Crippen LogP contribution in [0, 0.1) is 5.92 Å². The van der Waals surface area contributed by atoms with E-state index in [0.717, 1.165) is 44.2 Å². The quantitative estimate of drug-likeness (QED) is 0.384. The highest BCUT2D eigenvalue weighted by Crippen LogP contribution is 2.14. The Bertz CT molecular complexity index is 516. The number of nitrogens with zero attached hydrogens (tertiary/aromatic N) is 3. The Labute approximate surface area is 168 Å². The number of nitrogens with one attached hydrogen (secondary N) is 1. The number of ether oxygens (including phenoxy) is 2. The van der Waals surface area contributed by atoms with Crippen LogP contribution in [0.5, 0.6) is 5.88 Å². The molecule has 0 saturated carbocycles. The van der Waals surface area contributed by atoms with Crippen LogP contribution >= 0.6 is 24.0 Å². The minimum absolute atomic E-state index is 0. The molecule has 1 aliphatic rings. The molecule has 1 N–H and O–H groups in total.